The maximum atomic E-state index is 11.7. The summed E-state index contributed by atoms with van der Waals surface area (Å²) in [7, 11) is -4.62. The Labute approximate surface area is 155 Å². The van der Waals surface area contributed by atoms with Crippen LogP contribution < -0.4 is 15.9 Å². The Kier molecular flexibility index (Phi) is 4.65. The zero-order valence-corrected chi connectivity index (χ0v) is 15.6. The van der Waals surface area contributed by atoms with Crippen LogP contribution in [0.1, 0.15) is 0 Å². The Morgan fingerprint density at radius 1 is 0.458 bits per heavy atom. The number of rotatable bonds is 3. The molecule has 6 heteroatoms. The van der Waals surface area contributed by atoms with Crippen molar-refractivity contribution in [2.75, 3.05) is 0 Å². The third kappa shape index (κ3) is 2.95. The molecule has 0 aliphatic carbocycles. The molecule has 124 valence electrons. The summed E-state index contributed by atoms with van der Waals surface area (Å²) in [5.74, 6) is 0. The first-order chi connectivity index (χ1) is 11.3. The van der Waals surface area contributed by atoms with Crippen molar-refractivity contribution in [3.63, 3.8) is 0 Å². The summed E-state index contributed by atoms with van der Waals surface area (Å²) in [6.07, 6.45) is 0. The van der Waals surface area contributed by atoms with Crippen LogP contribution >= 0.6 is 41.9 Å². The summed E-state index contributed by atoms with van der Waals surface area (Å²) in [5.41, 5.74) is 0. The monoisotopic (exact) mass is 398 g/mol. The fourth-order valence-corrected chi connectivity index (χ4v) is 6.03. The Hall–Kier alpha value is -1.12. The molecule has 0 spiro atoms. The first-order valence-corrected chi connectivity index (χ1v) is 10.4. The van der Waals surface area contributed by atoms with Gasteiger partial charge in [-0.3, -0.25) is 0 Å². The molecular weight excluding hydrogens is 386 g/mol. The zero-order valence-electron chi connectivity index (χ0n) is 12.4. The van der Waals surface area contributed by atoms with Crippen LogP contribution in [0.2, 0.25) is 15.1 Å². The minimum atomic E-state index is -4.62. The van der Waals surface area contributed by atoms with Crippen molar-refractivity contribution in [3.8, 4) is 0 Å². The third-order valence-corrected chi connectivity index (χ3v) is 8.53. The van der Waals surface area contributed by atoms with Crippen LogP contribution in [0.5, 0.6) is 0 Å². The van der Waals surface area contributed by atoms with Gasteiger partial charge in [0.15, 0.2) is 0 Å². The Balaban J connectivity index is 2.33. The van der Waals surface area contributed by atoms with E-state index in [1.807, 2.05) is 0 Å². The molecule has 0 heterocycles. The maximum absolute atomic E-state index is 11.7. The van der Waals surface area contributed by atoms with Crippen molar-refractivity contribution in [3.05, 3.63) is 87.9 Å². The minimum absolute atomic E-state index is 0.384. The van der Waals surface area contributed by atoms with Gasteiger partial charge in [-0.25, -0.2) is 0 Å². The van der Waals surface area contributed by atoms with Crippen LogP contribution in [-0.2, 0) is 0 Å². The van der Waals surface area contributed by atoms with E-state index in [2.05, 4.69) is 0 Å². The molecule has 0 bridgehead atoms. The van der Waals surface area contributed by atoms with E-state index in [4.69, 9.17) is 34.8 Å². The molecule has 2 N–H and O–H groups in total. The molecule has 0 saturated heterocycles. The molecule has 0 amide bonds. The second-order valence-corrected chi connectivity index (χ2v) is 10.4. The normalized spacial score (nSPS) is 13.3. The van der Waals surface area contributed by atoms with E-state index >= 15 is 0 Å². The number of hydrogen-bond acceptors (Lipinski definition) is 2. The molecular formula is C18H14Cl3O2P. The average molecular weight is 400 g/mol. The van der Waals surface area contributed by atoms with Gasteiger partial charge in [-0.2, -0.15) is 0 Å². The molecule has 0 aliphatic rings. The van der Waals surface area contributed by atoms with Gasteiger partial charge in [0.05, 0.1) is 0 Å². The molecule has 3 rings (SSSR count). The number of hydrogen-bond donors (Lipinski definition) is 2. The van der Waals surface area contributed by atoms with E-state index in [9.17, 15) is 9.79 Å². The fourth-order valence-electron chi connectivity index (χ4n) is 2.62. The second-order valence-electron chi connectivity index (χ2n) is 5.45. The molecule has 0 radical (unpaired) electrons. The summed E-state index contributed by atoms with van der Waals surface area (Å²) in [5, 5.41) is 2.71. The molecule has 3 aromatic carbocycles. The number of halogens is 3. The predicted molar refractivity (Wildman–Crippen MR) is 105 cm³/mol. The molecule has 0 fully saturated rings. The summed E-state index contributed by atoms with van der Waals surface area (Å²) in [6.45, 7) is 0. The van der Waals surface area contributed by atoms with E-state index in [-0.39, 0.29) is 0 Å². The third-order valence-electron chi connectivity index (χ3n) is 3.95. The van der Waals surface area contributed by atoms with Crippen LogP contribution in [0.3, 0.4) is 0 Å². The fraction of sp³-hybridized carbons (Fsp3) is 0. The van der Waals surface area contributed by atoms with Gasteiger partial charge in [0.25, 0.3) is 0 Å². The molecule has 0 aromatic heterocycles. The molecule has 2 nitrogen and oxygen atoms in total. The van der Waals surface area contributed by atoms with Gasteiger partial charge in [-0.1, -0.05) is 0 Å². The van der Waals surface area contributed by atoms with Crippen LogP contribution in [0.4, 0.5) is 0 Å². The van der Waals surface area contributed by atoms with Crippen molar-refractivity contribution in [2.24, 2.45) is 0 Å². The summed E-state index contributed by atoms with van der Waals surface area (Å²) < 4.78 is 0. The average Bonchev–Trinajstić information content (AvgIpc) is 2.56. The SMILES string of the molecule is OP(O)(c1ccc(Cl)cc1)(c1ccc(Cl)cc1)c1ccc(Cl)cc1. The summed E-state index contributed by atoms with van der Waals surface area (Å²) >= 11 is 17.9. The first kappa shape index (κ1) is 17.7. The van der Waals surface area contributed by atoms with Gasteiger partial charge >= 0.3 is 155 Å². The van der Waals surface area contributed by atoms with Crippen molar-refractivity contribution in [1.29, 1.82) is 0 Å². The molecule has 0 unspecified atom stereocenters. The van der Waals surface area contributed by atoms with Crippen molar-refractivity contribution >= 4 is 57.8 Å². The second kappa shape index (κ2) is 6.31. The molecule has 0 atom stereocenters. The van der Waals surface area contributed by atoms with Gasteiger partial charge in [-0.15, -0.1) is 0 Å². The Morgan fingerprint density at radius 2 is 0.667 bits per heavy atom. The first-order valence-electron chi connectivity index (χ1n) is 7.10. The zero-order chi connectivity index (χ0) is 17.4. The van der Waals surface area contributed by atoms with Gasteiger partial charge in [0, 0.05) is 0 Å². The molecule has 0 saturated carbocycles. The van der Waals surface area contributed by atoms with Crippen LogP contribution in [0.25, 0.3) is 0 Å². The summed E-state index contributed by atoms with van der Waals surface area (Å²) in [4.78, 5) is 23.4. The standard InChI is InChI=1S/C18H14Cl3O2P/c19-13-1-7-16(8-2-13)24(22,23,17-9-3-14(20)4-10-17)18-11-5-15(21)6-12-18/h1-12,22-23H. The Morgan fingerprint density at radius 3 is 0.875 bits per heavy atom. The molecule has 0 aliphatic heterocycles. The van der Waals surface area contributed by atoms with Gasteiger partial charge < -0.3 is 0 Å². The van der Waals surface area contributed by atoms with E-state index < -0.39 is 7.06 Å². The van der Waals surface area contributed by atoms with Crippen LogP contribution in [0, 0.1) is 0 Å². The van der Waals surface area contributed by atoms with Crippen LogP contribution in [-0.4, -0.2) is 9.79 Å². The summed E-state index contributed by atoms with van der Waals surface area (Å²) in [6, 6.07) is 19.6. The van der Waals surface area contributed by atoms with E-state index in [1.165, 1.54) is 0 Å². The molecule has 3 aromatic rings. The van der Waals surface area contributed by atoms with Crippen molar-refractivity contribution in [1.82, 2.24) is 0 Å². The quantitative estimate of drug-likeness (QED) is 0.645. The number of benzene rings is 3. The van der Waals surface area contributed by atoms with E-state index in [0.717, 1.165) is 0 Å². The van der Waals surface area contributed by atoms with E-state index in [1.54, 1.807) is 72.8 Å². The van der Waals surface area contributed by atoms with Gasteiger partial charge in [0.2, 0.25) is 0 Å². The van der Waals surface area contributed by atoms with E-state index in [0.29, 0.717) is 31.0 Å². The van der Waals surface area contributed by atoms with Crippen molar-refractivity contribution < 1.29 is 9.79 Å². The Bertz CT molecular complexity index is 743. The van der Waals surface area contributed by atoms with Crippen LogP contribution in [0.15, 0.2) is 72.8 Å². The van der Waals surface area contributed by atoms with Crippen molar-refractivity contribution in [2.45, 2.75) is 0 Å². The topological polar surface area (TPSA) is 40.5 Å². The predicted octanol–water partition coefficient (Wildman–Crippen LogP) is 4.29. The van der Waals surface area contributed by atoms with Gasteiger partial charge in [-0.05, 0) is 0 Å². The van der Waals surface area contributed by atoms with Gasteiger partial charge in [0.1, 0.15) is 0 Å². The molecule has 24 heavy (non-hydrogen) atoms.